The van der Waals surface area contributed by atoms with Gasteiger partial charge < -0.3 is 9.47 Å². The normalized spacial score (nSPS) is 15.8. The van der Waals surface area contributed by atoms with Crippen molar-refractivity contribution in [3.05, 3.63) is 48.3 Å². The monoisotopic (exact) mass is 394 g/mol. The highest BCUT2D eigenvalue weighted by Crippen LogP contribution is 2.43. The molecule has 7 heteroatoms. The molecule has 5 rings (SSSR count). The van der Waals surface area contributed by atoms with Gasteiger partial charge in [-0.25, -0.2) is 19.3 Å². The predicted molar refractivity (Wildman–Crippen MR) is 107 cm³/mol. The molecule has 0 fully saturated rings. The van der Waals surface area contributed by atoms with Crippen LogP contribution in [0.5, 0.6) is 11.6 Å². The third kappa shape index (κ3) is 2.69. The molecular formula is C21H17FN3O2S. The van der Waals surface area contributed by atoms with E-state index in [1.165, 1.54) is 17.4 Å². The van der Waals surface area contributed by atoms with Crippen LogP contribution in [0.4, 0.5) is 4.39 Å². The van der Waals surface area contributed by atoms with Gasteiger partial charge in [-0.2, -0.15) is 0 Å². The molecule has 1 radical (unpaired) electrons. The van der Waals surface area contributed by atoms with Gasteiger partial charge in [0.1, 0.15) is 11.1 Å². The summed E-state index contributed by atoms with van der Waals surface area (Å²) in [5.74, 6) is 0.410. The number of hydrogen-bond donors (Lipinski definition) is 0. The van der Waals surface area contributed by atoms with Crippen LogP contribution >= 0.6 is 11.3 Å². The molecule has 0 unspecified atom stereocenters. The van der Waals surface area contributed by atoms with Gasteiger partial charge in [0, 0.05) is 23.6 Å². The van der Waals surface area contributed by atoms with Crippen molar-refractivity contribution in [1.29, 1.82) is 0 Å². The largest absolute Gasteiger partial charge is 0.487 e. The van der Waals surface area contributed by atoms with Crippen molar-refractivity contribution in [1.82, 2.24) is 15.0 Å². The Labute approximate surface area is 165 Å². The van der Waals surface area contributed by atoms with Gasteiger partial charge in [0.05, 0.1) is 34.1 Å². The molecule has 0 bridgehead atoms. The lowest BCUT2D eigenvalue weighted by atomic mass is 10.1. The summed E-state index contributed by atoms with van der Waals surface area (Å²) in [5, 5.41) is 0.780. The number of ether oxygens (including phenoxy) is 2. The van der Waals surface area contributed by atoms with E-state index in [0.29, 0.717) is 30.2 Å². The Morgan fingerprint density at radius 3 is 2.96 bits per heavy atom. The van der Waals surface area contributed by atoms with Crippen LogP contribution in [0.1, 0.15) is 18.1 Å². The fourth-order valence-corrected chi connectivity index (χ4v) is 4.68. The number of halogens is 1. The maximum atomic E-state index is 14.4. The summed E-state index contributed by atoms with van der Waals surface area (Å²) in [6.45, 7) is 8.35. The quantitative estimate of drug-likeness (QED) is 0.495. The van der Waals surface area contributed by atoms with Crippen molar-refractivity contribution in [2.75, 3.05) is 6.61 Å². The highest BCUT2D eigenvalue weighted by Gasteiger charge is 2.27. The van der Waals surface area contributed by atoms with Gasteiger partial charge >= 0.3 is 0 Å². The Balaban J connectivity index is 1.72. The molecule has 5 nitrogen and oxygen atoms in total. The summed E-state index contributed by atoms with van der Waals surface area (Å²) in [7, 11) is 0. The lowest BCUT2D eigenvalue weighted by Crippen LogP contribution is -2.06. The SMILES string of the molecule is [CH2][C@@H]1Cc2c(c(F)cc3nc(-c4cc(C)cc5nc(OCC)cnc45)sc23)O1. The molecule has 0 spiro atoms. The summed E-state index contributed by atoms with van der Waals surface area (Å²) < 4.78 is 26.4. The second kappa shape index (κ2) is 6.38. The van der Waals surface area contributed by atoms with Gasteiger partial charge in [-0.3, -0.25) is 0 Å². The number of benzene rings is 2. The summed E-state index contributed by atoms with van der Waals surface area (Å²) >= 11 is 1.52. The number of aryl methyl sites for hydroxylation is 1. The molecule has 1 aliphatic heterocycles. The Kier molecular flexibility index (Phi) is 3.94. The van der Waals surface area contributed by atoms with Crippen LogP contribution in [-0.2, 0) is 6.42 Å². The van der Waals surface area contributed by atoms with Gasteiger partial charge in [-0.15, -0.1) is 11.3 Å². The molecule has 0 amide bonds. The molecule has 28 heavy (non-hydrogen) atoms. The van der Waals surface area contributed by atoms with Gasteiger partial charge in [0.25, 0.3) is 0 Å². The Morgan fingerprint density at radius 1 is 1.29 bits per heavy atom. The van der Waals surface area contributed by atoms with Crippen LogP contribution in [0.25, 0.3) is 31.8 Å². The minimum atomic E-state index is -0.388. The molecule has 1 aliphatic rings. The number of hydrogen-bond acceptors (Lipinski definition) is 6. The highest BCUT2D eigenvalue weighted by atomic mass is 32.1. The summed E-state index contributed by atoms with van der Waals surface area (Å²) in [5.41, 5.74) is 4.89. The van der Waals surface area contributed by atoms with E-state index < -0.39 is 0 Å². The molecule has 0 aliphatic carbocycles. The van der Waals surface area contributed by atoms with Crippen molar-refractivity contribution in [3.8, 4) is 22.2 Å². The number of nitrogens with zero attached hydrogens (tertiary/aromatic N) is 3. The molecule has 1 atom stereocenters. The van der Waals surface area contributed by atoms with Gasteiger partial charge in [-0.1, -0.05) is 0 Å². The van der Waals surface area contributed by atoms with Crippen LogP contribution < -0.4 is 9.47 Å². The van der Waals surface area contributed by atoms with Gasteiger partial charge in [-0.05, 0) is 38.5 Å². The van der Waals surface area contributed by atoms with Crippen molar-refractivity contribution in [3.63, 3.8) is 0 Å². The molecule has 2 aromatic heterocycles. The summed E-state index contributed by atoms with van der Waals surface area (Å²) in [6, 6.07) is 5.44. The zero-order valence-electron chi connectivity index (χ0n) is 15.5. The first kappa shape index (κ1) is 17.3. The van der Waals surface area contributed by atoms with Crippen LogP contribution in [-0.4, -0.2) is 27.7 Å². The smallest absolute Gasteiger partial charge is 0.232 e. The minimum Gasteiger partial charge on any atom is -0.487 e. The zero-order chi connectivity index (χ0) is 19.4. The van der Waals surface area contributed by atoms with Crippen LogP contribution in [0.2, 0.25) is 0 Å². The van der Waals surface area contributed by atoms with E-state index in [1.807, 2.05) is 26.0 Å². The average Bonchev–Trinajstić information content (AvgIpc) is 3.24. The lowest BCUT2D eigenvalue weighted by molar-refractivity contribution is 0.269. The van der Waals surface area contributed by atoms with E-state index in [2.05, 4.69) is 16.9 Å². The van der Waals surface area contributed by atoms with E-state index in [0.717, 1.165) is 37.4 Å². The second-order valence-corrected chi connectivity index (χ2v) is 7.80. The summed E-state index contributed by atoms with van der Waals surface area (Å²) in [6.07, 6.45) is 1.93. The second-order valence-electron chi connectivity index (χ2n) is 6.80. The third-order valence-electron chi connectivity index (χ3n) is 4.69. The number of aromatic nitrogens is 3. The zero-order valence-corrected chi connectivity index (χ0v) is 16.3. The summed E-state index contributed by atoms with van der Waals surface area (Å²) in [4.78, 5) is 13.8. The van der Waals surface area contributed by atoms with E-state index in [1.54, 1.807) is 6.20 Å². The number of rotatable bonds is 3. The van der Waals surface area contributed by atoms with E-state index in [4.69, 9.17) is 14.5 Å². The van der Waals surface area contributed by atoms with Gasteiger partial charge in [0.15, 0.2) is 11.6 Å². The molecule has 0 N–H and O–H groups in total. The lowest BCUT2D eigenvalue weighted by Gasteiger charge is -2.07. The first-order chi connectivity index (χ1) is 13.5. The van der Waals surface area contributed by atoms with E-state index in [9.17, 15) is 4.39 Å². The Morgan fingerprint density at radius 2 is 2.14 bits per heavy atom. The average molecular weight is 394 g/mol. The van der Waals surface area contributed by atoms with Crippen molar-refractivity contribution in [2.45, 2.75) is 26.4 Å². The van der Waals surface area contributed by atoms with E-state index in [-0.39, 0.29) is 11.9 Å². The third-order valence-corrected chi connectivity index (χ3v) is 5.85. The molecule has 3 heterocycles. The first-order valence-corrected chi connectivity index (χ1v) is 9.87. The fourth-order valence-electron chi connectivity index (χ4n) is 3.57. The van der Waals surface area contributed by atoms with Crippen LogP contribution in [0, 0.1) is 19.7 Å². The topological polar surface area (TPSA) is 57.1 Å². The standard InChI is InChI=1S/C21H17FN3O2S/c1-4-26-17-9-23-18-12(5-10(2)6-15(18)24-17)21-25-16-8-14(22)19-13(20(16)28-21)7-11(3)27-19/h5-6,8-9,11H,3-4,7H2,1-2H3/t11-/m1/s1. The maximum absolute atomic E-state index is 14.4. The van der Waals surface area contributed by atoms with Crippen molar-refractivity contribution < 1.29 is 13.9 Å². The first-order valence-electron chi connectivity index (χ1n) is 9.05. The fraction of sp³-hybridized carbons (Fsp3) is 0.238. The van der Waals surface area contributed by atoms with Crippen LogP contribution in [0.15, 0.2) is 24.4 Å². The van der Waals surface area contributed by atoms with Crippen molar-refractivity contribution >= 4 is 32.6 Å². The molecule has 4 aromatic rings. The molecule has 141 valence electrons. The van der Waals surface area contributed by atoms with Crippen molar-refractivity contribution in [2.24, 2.45) is 0 Å². The molecule has 2 aromatic carbocycles. The molecule has 0 saturated heterocycles. The Bertz CT molecular complexity index is 1240. The highest BCUT2D eigenvalue weighted by molar-refractivity contribution is 7.22. The Hall–Kier alpha value is -2.80. The molecular weight excluding hydrogens is 377 g/mol. The van der Waals surface area contributed by atoms with Gasteiger partial charge in [0.2, 0.25) is 5.88 Å². The van der Waals surface area contributed by atoms with Crippen LogP contribution in [0.3, 0.4) is 0 Å². The maximum Gasteiger partial charge on any atom is 0.232 e. The predicted octanol–water partition coefficient (Wildman–Crippen LogP) is 4.89. The molecule has 0 saturated carbocycles. The number of fused-ring (bicyclic) bond motifs is 4. The number of thiazole rings is 1. The van der Waals surface area contributed by atoms with E-state index >= 15 is 0 Å². The minimum absolute atomic E-state index is 0.275.